The highest BCUT2D eigenvalue weighted by Crippen LogP contribution is 2.28. The maximum atomic E-state index is 5.99. The number of aromatic nitrogens is 3. The zero-order chi connectivity index (χ0) is 10.3. The van der Waals surface area contributed by atoms with Crippen LogP contribution in [0.4, 0.5) is 0 Å². The van der Waals surface area contributed by atoms with Crippen molar-refractivity contribution in [2.24, 2.45) is 5.73 Å². The Labute approximate surface area is 88.6 Å². The van der Waals surface area contributed by atoms with Gasteiger partial charge in [-0.3, -0.25) is 0 Å². The molecule has 15 heavy (non-hydrogen) atoms. The number of hydrogen-bond acceptors (Lipinski definition) is 4. The number of rotatable bonds is 1. The maximum Gasteiger partial charge on any atom is 0.179 e. The van der Waals surface area contributed by atoms with Crippen LogP contribution in [0, 0.1) is 0 Å². The zero-order valence-electron chi connectivity index (χ0n) is 8.72. The number of nitrogens with zero attached hydrogens (tertiary/aromatic N) is 3. The zero-order valence-corrected chi connectivity index (χ0v) is 8.72. The van der Waals surface area contributed by atoms with Gasteiger partial charge in [-0.05, 0) is 25.7 Å². The first-order valence-electron chi connectivity index (χ1n) is 5.66. The molecule has 5 nitrogen and oxygen atoms in total. The molecule has 3 rings (SSSR count). The first-order valence-corrected chi connectivity index (χ1v) is 5.66. The minimum absolute atomic E-state index is 0.0569. The van der Waals surface area contributed by atoms with Gasteiger partial charge in [-0.15, -0.1) is 0 Å². The first kappa shape index (κ1) is 9.30. The predicted molar refractivity (Wildman–Crippen MR) is 54.1 cm³/mol. The third-order valence-corrected chi connectivity index (χ3v) is 3.15. The molecule has 0 radical (unpaired) electrons. The molecule has 0 aliphatic carbocycles. The Morgan fingerprint density at radius 1 is 1.33 bits per heavy atom. The molecule has 1 fully saturated rings. The van der Waals surface area contributed by atoms with Crippen molar-refractivity contribution in [1.29, 1.82) is 0 Å². The number of ether oxygens (including phenoxy) is 1. The molecule has 0 saturated carbocycles. The molecule has 2 unspecified atom stereocenters. The Hall–Kier alpha value is -0.940. The van der Waals surface area contributed by atoms with Crippen LogP contribution in [0.5, 0.6) is 0 Å². The molecule has 0 bridgehead atoms. The van der Waals surface area contributed by atoms with Crippen molar-refractivity contribution in [2.75, 3.05) is 6.61 Å². The van der Waals surface area contributed by atoms with Crippen LogP contribution in [0.1, 0.15) is 49.5 Å². The van der Waals surface area contributed by atoms with Gasteiger partial charge in [-0.1, -0.05) is 0 Å². The highest BCUT2D eigenvalue weighted by Gasteiger charge is 2.27. The lowest BCUT2D eigenvalue weighted by Gasteiger charge is -2.17. The lowest BCUT2D eigenvalue weighted by molar-refractivity contribution is 0.105. The van der Waals surface area contributed by atoms with Crippen molar-refractivity contribution >= 4 is 0 Å². The summed E-state index contributed by atoms with van der Waals surface area (Å²) in [6, 6.07) is 0.0569. The number of aryl methyl sites for hydroxylation is 1. The average Bonchev–Trinajstić information content (AvgIpc) is 2.86. The molecule has 2 aliphatic rings. The molecule has 0 aromatic carbocycles. The van der Waals surface area contributed by atoms with Gasteiger partial charge >= 0.3 is 0 Å². The van der Waals surface area contributed by atoms with Gasteiger partial charge < -0.3 is 10.5 Å². The molecule has 1 aromatic heterocycles. The Morgan fingerprint density at radius 3 is 3.00 bits per heavy atom. The van der Waals surface area contributed by atoms with E-state index in [2.05, 4.69) is 10.1 Å². The molecule has 82 valence electrons. The topological polar surface area (TPSA) is 66.0 Å². The third-order valence-electron chi connectivity index (χ3n) is 3.15. The molecule has 5 heteroatoms. The Balaban J connectivity index is 1.90. The van der Waals surface area contributed by atoms with Crippen molar-refractivity contribution in [3.8, 4) is 0 Å². The van der Waals surface area contributed by atoms with E-state index in [1.807, 2.05) is 4.68 Å². The van der Waals surface area contributed by atoms with E-state index in [-0.39, 0.29) is 12.1 Å². The van der Waals surface area contributed by atoms with Gasteiger partial charge in [0.05, 0.1) is 6.04 Å². The van der Waals surface area contributed by atoms with Crippen LogP contribution in [0.25, 0.3) is 0 Å². The molecule has 1 aromatic rings. The van der Waals surface area contributed by atoms with E-state index in [1.165, 1.54) is 0 Å². The smallest absolute Gasteiger partial charge is 0.179 e. The number of hydrogen-bond donors (Lipinski definition) is 1. The van der Waals surface area contributed by atoms with Gasteiger partial charge in [0, 0.05) is 13.2 Å². The number of fused-ring (bicyclic) bond motifs is 1. The lowest BCUT2D eigenvalue weighted by atomic mass is 10.1. The highest BCUT2D eigenvalue weighted by atomic mass is 16.5. The molecular formula is C10H16N4O. The third kappa shape index (κ3) is 1.55. The highest BCUT2D eigenvalue weighted by molar-refractivity contribution is 5.03. The van der Waals surface area contributed by atoms with E-state index in [9.17, 15) is 0 Å². The van der Waals surface area contributed by atoms with E-state index in [4.69, 9.17) is 10.5 Å². The summed E-state index contributed by atoms with van der Waals surface area (Å²) >= 11 is 0. The molecule has 0 spiro atoms. The van der Waals surface area contributed by atoms with Crippen LogP contribution < -0.4 is 5.73 Å². The minimum Gasteiger partial charge on any atom is -0.370 e. The standard InChI is InChI=1S/C10H16N4O/c11-7-3-1-5-14-10(7)12-9(13-14)8-4-2-6-15-8/h7-8H,1-6,11H2. The van der Waals surface area contributed by atoms with Gasteiger partial charge in [0.25, 0.3) is 0 Å². The fourth-order valence-corrected chi connectivity index (χ4v) is 2.32. The summed E-state index contributed by atoms with van der Waals surface area (Å²) in [6.07, 6.45) is 4.38. The summed E-state index contributed by atoms with van der Waals surface area (Å²) in [7, 11) is 0. The monoisotopic (exact) mass is 208 g/mol. The first-order chi connectivity index (χ1) is 7.34. The van der Waals surface area contributed by atoms with Crippen LogP contribution >= 0.6 is 0 Å². The normalized spacial score (nSPS) is 30.5. The quantitative estimate of drug-likeness (QED) is 0.745. The van der Waals surface area contributed by atoms with Crippen LogP contribution in [0.2, 0.25) is 0 Å². The predicted octanol–water partition coefficient (Wildman–Crippen LogP) is 0.923. The summed E-state index contributed by atoms with van der Waals surface area (Å²) in [5.74, 6) is 1.77. The Kier molecular flexibility index (Phi) is 2.21. The van der Waals surface area contributed by atoms with Crippen LogP contribution in [0.3, 0.4) is 0 Å². The Morgan fingerprint density at radius 2 is 2.27 bits per heavy atom. The maximum absolute atomic E-state index is 5.99. The number of nitrogens with two attached hydrogens (primary N) is 1. The Bertz CT molecular complexity index is 356. The SMILES string of the molecule is NC1CCCn2nc(C3CCCO3)nc21. The van der Waals surface area contributed by atoms with Gasteiger partial charge in [0.15, 0.2) is 5.82 Å². The largest absolute Gasteiger partial charge is 0.370 e. The van der Waals surface area contributed by atoms with Gasteiger partial charge in [0.2, 0.25) is 0 Å². The molecular weight excluding hydrogens is 192 g/mol. The van der Waals surface area contributed by atoms with Crippen molar-refractivity contribution in [3.05, 3.63) is 11.6 Å². The summed E-state index contributed by atoms with van der Waals surface area (Å²) in [6.45, 7) is 1.78. The van der Waals surface area contributed by atoms with Crippen molar-refractivity contribution < 1.29 is 4.74 Å². The summed E-state index contributed by atoms with van der Waals surface area (Å²) in [5, 5.41) is 4.48. The van der Waals surface area contributed by atoms with E-state index in [1.54, 1.807) is 0 Å². The second-order valence-electron chi connectivity index (χ2n) is 4.30. The van der Waals surface area contributed by atoms with Crippen LogP contribution in [-0.4, -0.2) is 21.4 Å². The molecule has 2 atom stereocenters. The average molecular weight is 208 g/mol. The van der Waals surface area contributed by atoms with Crippen molar-refractivity contribution in [1.82, 2.24) is 14.8 Å². The fraction of sp³-hybridized carbons (Fsp3) is 0.800. The second kappa shape index (κ2) is 3.57. The van der Waals surface area contributed by atoms with Crippen LogP contribution in [0.15, 0.2) is 0 Å². The molecule has 1 saturated heterocycles. The molecule has 3 heterocycles. The summed E-state index contributed by atoms with van der Waals surface area (Å²) in [5.41, 5.74) is 5.99. The molecule has 2 aliphatic heterocycles. The second-order valence-corrected chi connectivity index (χ2v) is 4.30. The van der Waals surface area contributed by atoms with Gasteiger partial charge in [-0.25, -0.2) is 9.67 Å². The van der Waals surface area contributed by atoms with Crippen LogP contribution in [-0.2, 0) is 11.3 Å². The van der Waals surface area contributed by atoms with E-state index in [0.717, 1.165) is 50.5 Å². The summed E-state index contributed by atoms with van der Waals surface area (Å²) in [4.78, 5) is 4.52. The van der Waals surface area contributed by atoms with Crippen molar-refractivity contribution in [2.45, 2.75) is 44.4 Å². The van der Waals surface area contributed by atoms with E-state index in [0.29, 0.717) is 0 Å². The van der Waals surface area contributed by atoms with E-state index < -0.39 is 0 Å². The summed E-state index contributed by atoms with van der Waals surface area (Å²) < 4.78 is 7.52. The minimum atomic E-state index is 0.0569. The van der Waals surface area contributed by atoms with Crippen molar-refractivity contribution in [3.63, 3.8) is 0 Å². The molecule has 0 amide bonds. The fourth-order valence-electron chi connectivity index (χ4n) is 2.32. The molecule has 2 N–H and O–H groups in total. The van der Waals surface area contributed by atoms with E-state index >= 15 is 0 Å². The van der Waals surface area contributed by atoms with Gasteiger partial charge in [0.1, 0.15) is 11.9 Å². The lowest BCUT2D eigenvalue weighted by Crippen LogP contribution is -2.22. The van der Waals surface area contributed by atoms with Gasteiger partial charge in [-0.2, -0.15) is 5.10 Å².